The van der Waals surface area contributed by atoms with Gasteiger partial charge in [0, 0.05) is 0 Å². The lowest BCUT2D eigenvalue weighted by atomic mass is 10.2. The van der Waals surface area contributed by atoms with E-state index in [0.29, 0.717) is 11.1 Å². The van der Waals surface area contributed by atoms with Crippen LogP contribution in [0.3, 0.4) is 0 Å². The lowest BCUT2D eigenvalue weighted by molar-refractivity contribution is 0.506. The summed E-state index contributed by atoms with van der Waals surface area (Å²) < 4.78 is 20.0. The zero-order valence-electron chi connectivity index (χ0n) is 10.6. The summed E-state index contributed by atoms with van der Waals surface area (Å²) in [4.78, 5) is 12.1. The molecule has 3 nitrogen and oxygen atoms in total. The van der Waals surface area contributed by atoms with Gasteiger partial charge >= 0.3 is 5.76 Å². The fourth-order valence-corrected chi connectivity index (χ4v) is 2.36. The molecule has 0 fully saturated rings. The summed E-state index contributed by atoms with van der Waals surface area (Å²) in [5.74, 6) is -1.01. The fourth-order valence-electron chi connectivity index (χ4n) is 2.02. The zero-order chi connectivity index (χ0) is 14.3. The van der Waals surface area contributed by atoms with E-state index in [1.165, 1.54) is 22.8 Å². The van der Waals surface area contributed by atoms with Crippen molar-refractivity contribution in [2.45, 2.75) is 6.92 Å². The number of hydrogen-bond acceptors (Lipinski definition) is 3. The Morgan fingerprint density at radius 3 is 2.55 bits per heavy atom. The van der Waals surface area contributed by atoms with E-state index in [1.54, 1.807) is 12.1 Å². The number of rotatable bonds is 1. The van der Waals surface area contributed by atoms with E-state index in [-0.39, 0.29) is 10.2 Å². The second-order valence-electron chi connectivity index (χ2n) is 4.48. The van der Waals surface area contributed by atoms with E-state index in [9.17, 15) is 9.18 Å². The van der Waals surface area contributed by atoms with Gasteiger partial charge in [0.05, 0.1) is 11.1 Å². The maximum Gasteiger partial charge on any atom is 0.425 e. The molecule has 0 aliphatic heterocycles. The highest BCUT2D eigenvalue weighted by Gasteiger charge is 2.09. The molecule has 0 saturated heterocycles. The quantitative estimate of drug-likeness (QED) is 0.639. The number of aromatic nitrogens is 1. The van der Waals surface area contributed by atoms with Crippen molar-refractivity contribution >= 4 is 23.2 Å². The second-order valence-corrected chi connectivity index (χ2v) is 4.87. The molecule has 100 valence electrons. The van der Waals surface area contributed by atoms with E-state index in [0.717, 1.165) is 5.56 Å². The molecule has 0 aliphatic rings. The van der Waals surface area contributed by atoms with Crippen molar-refractivity contribution in [3.8, 4) is 5.69 Å². The first-order valence-electron chi connectivity index (χ1n) is 5.99. The highest BCUT2D eigenvalue weighted by Crippen LogP contribution is 2.18. The average Bonchev–Trinajstić information content (AvgIpc) is 2.42. The van der Waals surface area contributed by atoms with Gasteiger partial charge in [-0.15, -0.1) is 0 Å². The van der Waals surface area contributed by atoms with Gasteiger partial charge < -0.3 is 4.42 Å². The predicted molar refractivity (Wildman–Crippen MR) is 77.3 cm³/mol. The molecule has 1 heterocycles. The van der Waals surface area contributed by atoms with Crippen LogP contribution >= 0.6 is 12.2 Å². The Kier molecular flexibility index (Phi) is 2.99. The summed E-state index contributed by atoms with van der Waals surface area (Å²) in [6.07, 6.45) is 0. The van der Waals surface area contributed by atoms with Gasteiger partial charge in [-0.3, -0.25) is 0 Å². The minimum absolute atomic E-state index is 0.236. The standard InChI is InChI=1S/C15H10FNO2S/c1-9-2-5-11(6-3-9)17-14(20)12-8-10(16)4-7-13(12)19-15(17)18/h2-8H,1H3. The van der Waals surface area contributed by atoms with Crippen LogP contribution in [0.4, 0.5) is 4.39 Å². The number of halogens is 1. The molecule has 0 radical (unpaired) electrons. The van der Waals surface area contributed by atoms with Gasteiger partial charge in [-0.2, -0.15) is 0 Å². The van der Waals surface area contributed by atoms with E-state index in [1.807, 2.05) is 19.1 Å². The number of benzene rings is 2. The SMILES string of the molecule is Cc1ccc(-n2c(=O)oc3ccc(F)cc3c2=S)cc1. The van der Waals surface area contributed by atoms with Crippen molar-refractivity contribution in [3.63, 3.8) is 0 Å². The van der Waals surface area contributed by atoms with Gasteiger partial charge in [0.15, 0.2) is 0 Å². The molecular weight excluding hydrogens is 277 g/mol. The van der Waals surface area contributed by atoms with Crippen LogP contribution < -0.4 is 5.76 Å². The van der Waals surface area contributed by atoms with Crippen molar-refractivity contribution in [3.05, 3.63) is 69.0 Å². The first kappa shape index (κ1) is 12.7. The van der Waals surface area contributed by atoms with Gasteiger partial charge in [-0.1, -0.05) is 29.9 Å². The molecule has 0 unspecified atom stereocenters. The van der Waals surface area contributed by atoms with Crippen LogP contribution in [0.25, 0.3) is 16.7 Å². The van der Waals surface area contributed by atoms with Crippen molar-refractivity contribution < 1.29 is 8.81 Å². The summed E-state index contributed by atoms with van der Waals surface area (Å²) in [5, 5.41) is 0.403. The molecule has 2 aromatic carbocycles. The van der Waals surface area contributed by atoms with Gasteiger partial charge in [-0.05, 0) is 37.3 Å². The van der Waals surface area contributed by atoms with Crippen LogP contribution in [-0.4, -0.2) is 4.57 Å². The molecule has 0 N–H and O–H groups in total. The Labute approximate surface area is 118 Å². The Morgan fingerprint density at radius 1 is 1.15 bits per heavy atom. The molecule has 0 atom stereocenters. The minimum atomic E-state index is -0.585. The first-order valence-corrected chi connectivity index (χ1v) is 6.39. The Bertz CT molecular complexity index is 910. The van der Waals surface area contributed by atoms with Crippen LogP contribution in [0, 0.1) is 17.4 Å². The molecule has 3 aromatic rings. The Hall–Kier alpha value is -2.27. The molecule has 5 heteroatoms. The zero-order valence-corrected chi connectivity index (χ0v) is 11.4. The molecule has 0 saturated carbocycles. The lowest BCUT2D eigenvalue weighted by Crippen LogP contribution is -2.18. The van der Waals surface area contributed by atoms with Gasteiger partial charge in [0.1, 0.15) is 16.0 Å². The van der Waals surface area contributed by atoms with Crippen molar-refractivity contribution in [2.24, 2.45) is 0 Å². The smallest absolute Gasteiger partial charge is 0.409 e. The maximum absolute atomic E-state index is 13.3. The van der Waals surface area contributed by atoms with Gasteiger partial charge in [0.25, 0.3) is 0 Å². The molecule has 0 spiro atoms. The third kappa shape index (κ3) is 2.06. The molecule has 0 amide bonds. The Balaban J connectivity index is 2.39. The Morgan fingerprint density at radius 2 is 1.85 bits per heavy atom. The average molecular weight is 287 g/mol. The molecule has 0 aliphatic carbocycles. The van der Waals surface area contributed by atoms with Crippen molar-refractivity contribution in [1.82, 2.24) is 4.57 Å². The van der Waals surface area contributed by atoms with Crippen LogP contribution in [0.5, 0.6) is 0 Å². The highest BCUT2D eigenvalue weighted by molar-refractivity contribution is 7.71. The number of fused-ring (bicyclic) bond motifs is 1. The highest BCUT2D eigenvalue weighted by atomic mass is 32.1. The molecule has 3 rings (SSSR count). The van der Waals surface area contributed by atoms with E-state index < -0.39 is 11.6 Å². The van der Waals surface area contributed by atoms with Crippen LogP contribution in [0.15, 0.2) is 51.7 Å². The number of nitrogens with zero attached hydrogens (tertiary/aromatic N) is 1. The topological polar surface area (TPSA) is 35.1 Å². The minimum Gasteiger partial charge on any atom is -0.409 e. The molecule has 1 aromatic heterocycles. The van der Waals surface area contributed by atoms with Crippen LogP contribution in [0.2, 0.25) is 0 Å². The van der Waals surface area contributed by atoms with Crippen LogP contribution in [0.1, 0.15) is 5.56 Å². The lowest BCUT2D eigenvalue weighted by Gasteiger charge is -2.07. The maximum atomic E-state index is 13.3. The summed E-state index contributed by atoms with van der Waals surface area (Å²) in [6, 6.07) is 11.2. The third-order valence-corrected chi connectivity index (χ3v) is 3.45. The van der Waals surface area contributed by atoms with E-state index in [4.69, 9.17) is 16.6 Å². The van der Waals surface area contributed by atoms with Crippen molar-refractivity contribution in [2.75, 3.05) is 0 Å². The molecule has 20 heavy (non-hydrogen) atoms. The first-order chi connectivity index (χ1) is 9.56. The second kappa shape index (κ2) is 4.68. The third-order valence-electron chi connectivity index (χ3n) is 3.05. The summed E-state index contributed by atoms with van der Waals surface area (Å²) >= 11 is 5.29. The normalized spacial score (nSPS) is 10.9. The van der Waals surface area contributed by atoms with Crippen LogP contribution in [-0.2, 0) is 0 Å². The number of aryl methyl sites for hydroxylation is 1. The molecule has 0 bridgehead atoms. The van der Waals surface area contributed by atoms with E-state index in [2.05, 4.69) is 0 Å². The van der Waals surface area contributed by atoms with Crippen molar-refractivity contribution in [1.29, 1.82) is 0 Å². The predicted octanol–water partition coefficient (Wildman–Crippen LogP) is 3.76. The van der Waals surface area contributed by atoms with Gasteiger partial charge in [-0.25, -0.2) is 13.8 Å². The molecular formula is C15H10FNO2S. The largest absolute Gasteiger partial charge is 0.425 e. The summed E-state index contributed by atoms with van der Waals surface area (Å²) in [7, 11) is 0. The van der Waals surface area contributed by atoms with Gasteiger partial charge in [0.2, 0.25) is 0 Å². The summed E-state index contributed by atoms with van der Waals surface area (Å²) in [6.45, 7) is 1.95. The monoisotopic (exact) mass is 287 g/mol. The summed E-state index contributed by atoms with van der Waals surface area (Å²) in [5.41, 5.74) is 1.95. The fraction of sp³-hybridized carbons (Fsp3) is 0.0667. The number of hydrogen-bond donors (Lipinski definition) is 0. The van der Waals surface area contributed by atoms with E-state index >= 15 is 0 Å².